The van der Waals surface area contributed by atoms with Gasteiger partial charge in [0.25, 0.3) is 0 Å². The molecular weight excluding hydrogens is 533 g/mol. The number of aromatic nitrogens is 2. The molecule has 40 heavy (non-hydrogen) atoms. The predicted octanol–water partition coefficient (Wildman–Crippen LogP) is 4.56. The van der Waals surface area contributed by atoms with Crippen molar-refractivity contribution >= 4 is 52.2 Å². The lowest BCUT2D eigenvalue weighted by atomic mass is 10.1. The lowest BCUT2D eigenvalue weighted by Crippen LogP contribution is -2.46. The fourth-order valence-electron chi connectivity index (χ4n) is 4.39. The Labute approximate surface area is 235 Å². The van der Waals surface area contributed by atoms with E-state index in [0.717, 1.165) is 24.8 Å². The van der Waals surface area contributed by atoms with Crippen LogP contribution >= 0.6 is 11.6 Å². The first-order chi connectivity index (χ1) is 19.4. The van der Waals surface area contributed by atoms with Gasteiger partial charge in [-0.3, -0.25) is 14.5 Å². The number of rotatable bonds is 8. The Bertz CT molecular complexity index is 1510. The molecule has 1 saturated heterocycles. The van der Waals surface area contributed by atoms with Crippen molar-refractivity contribution in [1.82, 2.24) is 20.2 Å². The van der Waals surface area contributed by atoms with Gasteiger partial charge in [0.15, 0.2) is 11.6 Å². The first-order valence-electron chi connectivity index (χ1n) is 12.7. The number of primary amides is 1. The van der Waals surface area contributed by atoms with Crippen molar-refractivity contribution in [1.29, 1.82) is 0 Å². The first kappa shape index (κ1) is 27.0. The van der Waals surface area contributed by atoms with Crippen molar-refractivity contribution in [2.45, 2.75) is 6.42 Å². The number of amides is 2. The summed E-state index contributed by atoms with van der Waals surface area (Å²) in [5.41, 5.74) is 8.26. The first-order valence-corrected chi connectivity index (χ1v) is 13.1. The Morgan fingerprint density at radius 2 is 1.73 bits per heavy atom. The molecule has 1 aliphatic rings. The number of anilines is 5. The van der Waals surface area contributed by atoms with E-state index in [-0.39, 0.29) is 17.7 Å². The molecule has 0 spiro atoms. The average molecular weight is 560 g/mol. The van der Waals surface area contributed by atoms with E-state index in [4.69, 9.17) is 17.3 Å². The summed E-state index contributed by atoms with van der Waals surface area (Å²) < 4.78 is 15.2. The molecule has 11 heteroatoms. The zero-order chi connectivity index (χ0) is 28.1. The summed E-state index contributed by atoms with van der Waals surface area (Å²) in [4.78, 5) is 36.1. The molecule has 1 aliphatic heterocycles. The van der Waals surface area contributed by atoms with Crippen LogP contribution < -0.4 is 21.3 Å². The Kier molecular flexibility index (Phi) is 8.18. The zero-order valence-corrected chi connectivity index (χ0v) is 22.2. The van der Waals surface area contributed by atoms with Gasteiger partial charge >= 0.3 is 0 Å². The molecule has 4 aromatic rings. The maximum Gasteiger partial charge on any atom is 0.248 e. The van der Waals surface area contributed by atoms with E-state index in [2.05, 4.69) is 20.6 Å². The van der Waals surface area contributed by atoms with Crippen LogP contribution in [0, 0.1) is 5.82 Å². The molecule has 2 amide bonds. The monoisotopic (exact) mass is 559 g/mol. The lowest BCUT2D eigenvalue weighted by molar-refractivity contribution is -0.131. The molecule has 0 bridgehead atoms. The summed E-state index contributed by atoms with van der Waals surface area (Å²) in [6.45, 7) is 3.04. The van der Waals surface area contributed by atoms with Crippen LogP contribution in [0.25, 0.3) is 0 Å². The summed E-state index contributed by atoms with van der Waals surface area (Å²) in [5.74, 6) is -1.04. The normalized spacial score (nSPS) is 13.1. The minimum absolute atomic E-state index is 0.0457. The van der Waals surface area contributed by atoms with Crippen molar-refractivity contribution in [3.63, 3.8) is 0 Å². The molecule has 0 atom stereocenters. The van der Waals surface area contributed by atoms with Gasteiger partial charge in [0.2, 0.25) is 17.8 Å². The zero-order valence-electron chi connectivity index (χ0n) is 21.5. The number of nitrogens with one attached hydrogen (secondary N) is 2. The highest BCUT2D eigenvalue weighted by atomic mass is 35.5. The number of nitrogens with zero attached hydrogens (tertiary/aromatic N) is 4. The number of halogens is 2. The Balaban J connectivity index is 1.40. The van der Waals surface area contributed by atoms with E-state index < -0.39 is 11.7 Å². The van der Waals surface area contributed by atoms with E-state index in [1.807, 2.05) is 29.2 Å². The number of piperazine rings is 1. The van der Waals surface area contributed by atoms with Gasteiger partial charge in [-0.05, 0) is 54.1 Å². The van der Waals surface area contributed by atoms with Gasteiger partial charge in [0, 0.05) is 43.1 Å². The molecule has 3 aromatic carbocycles. The number of hydrogen-bond donors (Lipinski definition) is 3. The number of benzene rings is 3. The standard InChI is InChI=1S/C29H27ClFN7O2/c30-23-3-1-2-4-25(23)38(22-11-7-20(8-12-22)27(32)40)28-24(31)18-34-29(36-28)35-21-9-5-19(6-10-21)17-26(39)37-15-13-33-14-16-37/h1-12,18,33H,13-17H2,(H2,32,40)(H,34,35,36). The Morgan fingerprint density at radius 1 is 1.02 bits per heavy atom. The average Bonchev–Trinajstić information content (AvgIpc) is 2.97. The van der Waals surface area contributed by atoms with Crippen LogP contribution in [-0.2, 0) is 11.2 Å². The Hall–Kier alpha value is -4.54. The summed E-state index contributed by atoms with van der Waals surface area (Å²) in [6.07, 6.45) is 1.39. The second-order valence-corrected chi connectivity index (χ2v) is 9.60. The summed E-state index contributed by atoms with van der Waals surface area (Å²) in [6, 6.07) is 20.7. The molecule has 0 aliphatic carbocycles. The van der Waals surface area contributed by atoms with Gasteiger partial charge in [0.05, 0.1) is 23.3 Å². The molecule has 0 radical (unpaired) electrons. The third-order valence-corrected chi connectivity index (χ3v) is 6.80. The van der Waals surface area contributed by atoms with Crippen molar-refractivity contribution in [3.8, 4) is 0 Å². The minimum Gasteiger partial charge on any atom is -0.366 e. The molecule has 1 fully saturated rings. The SMILES string of the molecule is NC(=O)c1ccc(N(c2ccccc2Cl)c2nc(Nc3ccc(CC(=O)N4CCNCC4)cc3)ncc2F)cc1. The minimum atomic E-state index is -0.675. The maximum atomic E-state index is 15.2. The highest BCUT2D eigenvalue weighted by molar-refractivity contribution is 6.33. The van der Waals surface area contributed by atoms with Crippen molar-refractivity contribution in [3.05, 3.63) is 101 Å². The van der Waals surface area contributed by atoms with Crippen LogP contribution in [0.2, 0.25) is 5.02 Å². The quantitative estimate of drug-likeness (QED) is 0.290. The highest BCUT2D eigenvalue weighted by Gasteiger charge is 2.22. The van der Waals surface area contributed by atoms with Gasteiger partial charge in [0.1, 0.15) is 0 Å². The second-order valence-electron chi connectivity index (χ2n) is 9.19. The van der Waals surface area contributed by atoms with E-state index in [1.165, 1.54) is 0 Å². The van der Waals surface area contributed by atoms with Crippen LogP contribution in [0.15, 0.2) is 79.0 Å². The fourth-order valence-corrected chi connectivity index (χ4v) is 4.61. The molecule has 9 nitrogen and oxygen atoms in total. The topological polar surface area (TPSA) is 116 Å². The van der Waals surface area contributed by atoms with Crippen LogP contribution in [0.1, 0.15) is 15.9 Å². The largest absolute Gasteiger partial charge is 0.366 e. The van der Waals surface area contributed by atoms with Crippen LogP contribution in [-0.4, -0.2) is 52.9 Å². The van der Waals surface area contributed by atoms with Crippen molar-refractivity contribution in [2.75, 3.05) is 36.4 Å². The third kappa shape index (κ3) is 6.19. The smallest absolute Gasteiger partial charge is 0.248 e. The number of hydrogen-bond acceptors (Lipinski definition) is 7. The summed E-state index contributed by atoms with van der Waals surface area (Å²) in [7, 11) is 0. The van der Waals surface area contributed by atoms with Gasteiger partial charge < -0.3 is 21.3 Å². The lowest BCUT2D eigenvalue weighted by Gasteiger charge is -2.27. The van der Waals surface area contributed by atoms with Gasteiger partial charge in [-0.1, -0.05) is 35.9 Å². The van der Waals surface area contributed by atoms with E-state index in [9.17, 15) is 9.59 Å². The van der Waals surface area contributed by atoms with Crippen molar-refractivity contribution < 1.29 is 14.0 Å². The fraction of sp³-hybridized carbons (Fsp3) is 0.172. The predicted molar refractivity (Wildman–Crippen MR) is 153 cm³/mol. The number of para-hydroxylation sites is 1. The third-order valence-electron chi connectivity index (χ3n) is 6.48. The molecule has 5 rings (SSSR count). The maximum absolute atomic E-state index is 15.2. The summed E-state index contributed by atoms with van der Waals surface area (Å²) in [5, 5.41) is 6.72. The van der Waals surface area contributed by atoms with E-state index in [1.54, 1.807) is 53.4 Å². The molecule has 1 aromatic heterocycles. The van der Waals surface area contributed by atoms with E-state index >= 15 is 4.39 Å². The number of nitrogens with two attached hydrogens (primary N) is 1. The molecule has 2 heterocycles. The molecule has 4 N–H and O–H groups in total. The molecular formula is C29H27ClFN7O2. The molecule has 204 valence electrons. The van der Waals surface area contributed by atoms with Gasteiger partial charge in [-0.2, -0.15) is 4.98 Å². The van der Waals surface area contributed by atoms with Gasteiger partial charge in [-0.25, -0.2) is 9.37 Å². The number of carbonyl (C=O) groups excluding carboxylic acids is 2. The van der Waals surface area contributed by atoms with Crippen LogP contribution in [0.5, 0.6) is 0 Å². The molecule has 0 unspecified atom stereocenters. The van der Waals surface area contributed by atoms with E-state index in [0.29, 0.717) is 47.2 Å². The van der Waals surface area contributed by atoms with Crippen LogP contribution in [0.3, 0.4) is 0 Å². The van der Waals surface area contributed by atoms with Crippen molar-refractivity contribution in [2.24, 2.45) is 5.73 Å². The summed E-state index contributed by atoms with van der Waals surface area (Å²) >= 11 is 6.50. The number of carbonyl (C=O) groups is 2. The van der Waals surface area contributed by atoms with Crippen LogP contribution in [0.4, 0.5) is 33.2 Å². The molecule has 0 saturated carbocycles. The van der Waals surface area contributed by atoms with Gasteiger partial charge in [-0.15, -0.1) is 0 Å². The highest BCUT2D eigenvalue weighted by Crippen LogP contribution is 2.39. The Morgan fingerprint density at radius 3 is 2.40 bits per heavy atom. The second kappa shape index (κ2) is 12.1.